The Labute approximate surface area is 185 Å². The highest BCUT2D eigenvalue weighted by Gasteiger charge is 2.24. The SMILES string of the molecule is CCn1c(=O)c2cnc(Nc3ccc4c(c3)CNCC4)nc2n1-c1ncc(C(C)(C)C)o1. The predicted octanol–water partition coefficient (Wildman–Crippen LogP) is 3.28. The minimum absolute atomic E-state index is 0.176. The van der Waals surface area contributed by atoms with Crippen LogP contribution in [0, 0.1) is 0 Å². The summed E-state index contributed by atoms with van der Waals surface area (Å²) in [7, 11) is 0. The average Bonchev–Trinajstić information content (AvgIpc) is 3.36. The molecule has 4 aromatic rings. The Bertz CT molecular complexity index is 1360. The molecule has 0 fully saturated rings. The molecule has 0 amide bonds. The number of hydrogen-bond donors (Lipinski definition) is 2. The fraction of sp³-hybridized carbons (Fsp3) is 0.391. The van der Waals surface area contributed by atoms with Crippen LogP contribution in [-0.2, 0) is 24.9 Å². The zero-order chi connectivity index (χ0) is 22.5. The average molecular weight is 434 g/mol. The fourth-order valence-electron chi connectivity index (χ4n) is 3.97. The molecule has 0 saturated carbocycles. The first-order valence-corrected chi connectivity index (χ1v) is 10.9. The van der Waals surface area contributed by atoms with Crippen LogP contribution in [0.2, 0.25) is 0 Å². The van der Waals surface area contributed by atoms with Gasteiger partial charge in [-0.1, -0.05) is 26.8 Å². The Morgan fingerprint density at radius 1 is 1.19 bits per heavy atom. The van der Waals surface area contributed by atoms with Crippen LogP contribution in [0.4, 0.5) is 11.6 Å². The van der Waals surface area contributed by atoms with Crippen molar-refractivity contribution in [2.45, 2.75) is 52.6 Å². The number of rotatable bonds is 4. The highest BCUT2D eigenvalue weighted by Crippen LogP contribution is 2.26. The maximum absolute atomic E-state index is 13.0. The predicted molar refractivity (Wildman–Crippen MR) is 123 cm³/mol. The van der Waals surface area contributed by atoms with Crippen LogP contribution in [0.5, 0.6) is 0 Å². The van der Waals surface area contributed by atoms with Crippen LogP contribution in [0.3, 0.4) is 0 Å². The minimum atomic E-state index is -0.200. The molecule has 0 bridgehead atoms. The lowest BCUT2D eigenvalue weighted by Crippen LogP contribution is -2.23. The Morgan fingerprint density at radius 2 is 2.03 bits per heavy atom. The summed E-state index contributed by atoms with van der Waals surface area (Å²) < 4.78 is 9.22. The lowest BCUT2D eigenvalue weighted by Gasteiger charge is -2.18. The van der Waals surface area contributed by atoms with E-state index in [2.05, 4.69) is 58.5 Å². The maximum atomic E-state index is 13.0. The Morgan fingerprint density at radius 3 is 2.78 bits per heavy atom. The van der Waals surface area contributed by atoms with Crippen molar-refractivity contribution in [2.24, 2.45) is 0 Å². The molecule has 9 nitrogen and oxygen atoms in total. The van der Waals surface area contributed by atoms with Gasteiger partial charge in [-0.2, -0.15) is 14.6 Å². The third-order valence-corrected chi connectivity index (χ3v) is 5.74. The Hall–Kier alpha value is -3.46. The van der Waals surface area contributed by atoms with Gasteiger partial charge in [0.15, 0.2) is 5.65 Å². The van der Waals surface area contributed by atoms with Gasteiger partial charge in [0.2, 0.25) is 5.95 Å². The number of anilines is 2. The second-order valence-corrected chi connectivity index (χ2v) is 9.06. The first-order valence-electron chi connectivity index (χ1n) is 10.9. The van der Waals surface area contributed by atoms with Gasteiger partial charge in [0.25, 0.3) is 5.56 Å². The van der Waals surface area contributed by atoms with Crippen LogP contribution >= 0.6 is 0 Å². The zero-order valence-corrected chi connectivity index (χ0v) is 18.8. The number of nitrogens with zero attached hydrogens (tertiary/aromatic N) is 5. The molecule has 32 heavy (non-hydrogen) atoms. The number of benzene rings is 1. The molecule has 1 aliphatic rings. The molecule has 0 atom stereocenters. The smallest absolute Gasteiger partial charge is 0.323 e. The fourth-order valence-corrected chi connectivity index (χ4v) is 3.97. The lowest BCUT2D eigenvalue weighted by atomic mass is 9.94. The van der Waals surface area contributed by atoms with Gasteiger partial charge in [0.05, 0.1) is 6.20 Å². The molecule has 0 saturated heterocycles. The van der Waals surface area contributed by atoms with Gasteiger partial charge in [-0.15, -0.1) is 0 Å². The van der Waals surface area contributed by atoms with E-state index in [0.29, 0.717) is 29.5 Å². The first-order chi connectivity index (χ1) is 15.3. The van der Waals surface area contributed by atoms with E-state index < -0.39 is 0 Å². The van der Waals surface area contributed by atoms with Crippen molar-refractivity contribution < 1.29 is 4.42 Å². The number of nitrogens with one attached hydrogen (secondary N) is 2. The molecule has 0 unspecified atom stereocenters. The highest BCUT2D eigenvalue weighted by molar-refractivity contribution is 5.76. The summed E-state index contributed by atoms with van der Waals surface area (Å²) >= 11 is 0. The van der Waals surface area contributed by atoms with Crippen molar-refractivity contribution in [1.29, 1.82) is 0 Å². The standard InChI is InChI=1S/C23H27N7O2/c1-5-29-20(31)17-12-25-21(27-16-7-6-14-8-9-24-11-15(14)10-16)28-19(17)30(29)22-26-13-18(32-22)23(2,3)4/h6-7,10,12-13,24H,5,8-9,11H2,1-4H3,(H,25,27,28). The van der Waals surface area contributed by atoms with E-state index in [0.717, 1.165) is 31.0 Å². The summed E-state index contributed by atoms with van der Waals surface area (Å²) in [5, 5.41) is 7.09. The molecule has 0 spiro atoms. The Kier molecular flexibility index (Phi) is 4.85. The summed E-state index contributed by atoms with van der Waals surface area (Å²) in [6.07, 6.45) is 4.29. The van der Waals surface area contributed by atoms with Crippen molar-refractivity contribution in [3.63, 3.8) is 0 Å². The van der Waals surface area contributed by atoms with Crippen molar-refractivity contribution in [3.05, 3.63) is 57.8 Å². The number of hydrogen-bond acceptors (Lipinski definition) is 7. The molecule has 9 heteroatoms. The molecule has 1 aromatic carbocycles. The normalized spacial score (nSPS) is 14.0. The van der Waals surface area contributed by atoms with Crippen LogP contribution < -0.4 is 16.2 Å². The van der Waals surface area contributed by atoms with Crippen molar-refractivity contribution >= 4 is 22.7 Å². The van der Waals surface area contributed by atoms with E-state index in [1.807, 2.05) is 13.0 Å². The molecule has 3 aromatic heterocycles. The minimum Gasteiger partial charge on any atom is -0.427 e. The van der Waals surface area contributed by atoms with Crippen LogP contribution in [0.15, 0.2) is 39.8 Å². The molecular weight excluding hydrogens is 406 g/mol. The second kappa shape index (κ2) is 7.59. The molecule has 1 aliphatic heterocycles. The number of oxazole rings is 1. The highest BCUT2D eigenvalue weighted by atomic mass is 16.4. The van der Waals surface area contributed by atoms with E-state index in [9.17, 15) is 4.79 Å². The topological polar surface area (TPSA) is 103 Å². The van der Waals surface area contributed by atoms with Crippen molar-refractivity contribution in [2.75, 3.05) is 11.9 Å². The molecule has 5 rings (SSSR count). The van der Waals surface area contributed by atoms with Crippen molar-refractivity contribution in [3.8, 4) is 6.01 Å². The van der Waals surface area contributed by atoms with Gasteiger partial charge in [-0.25, -0.2) is 9.67 Å². The second-order valence-electron chi connectivity index (χ2n) is 9.06. The molecule has 166 valence electrons. The number of aromatic nitrogens is 5. The van der Waals surface area contributed by atoms with Gasteiger partial charge in [-0.3, -0.25) is 4.79 Å². The van der Waals surface area contributed by atoms with E-state index in [4.69, 9.17) is 4.42 Å². The molecular formula is C23H27N7O2. The summed E-state index contributed by atoms with van der Waals surface area (Å²) in [5.74, 6) is 1.14. The quantitative estimate of drug-likeness (QED) is 0.509. The monoisotopic (exact) mass is 433 g/mol. The van der Waals surface area contributed by atoms with Crippen molar-refractivity contribution in [1.82, 2.24) is 29.6 Å². The largest absolute Gasteiger partial charge is 0.427 e. The molecule has 0 radical (unpaired) electrons. The van der Waals surface area contributed by atoms with Crippen LogP contribution in [0.25, 0.3) is 17.0 Å². The first kappa shape index (κ1) is 20.4. The van der Waals surface area contributed by atoms with Crippen LogP contribution in [-0.4, -0.2) is 30.9 Å². The van der Waals surface area contributed by atoms with E-state index >= 15 is 0 Å². The van der Waals surface area contributed by atoms with Crippen LogP contribution in [0.1, 0.15) is 44.6 Å². The van der Waals surface area contributed by atoms with E-state index in [1.165, 1.54) is 11.1 Å². The number of fused-ring (bicyclic) bond motifs is 2. The lowest BCUT2D eigenvalue weighted by molar-refractivity contribution is 0.380. The summed E-state index contributed by atoms with van der Waals surface area (Å²) in [4.78, 5) is 26.4. The summed E-state index contributed by atoms with van der Waals surface area (Å²) in [6.45, 7) is 10.4. The summed E-state index contributed by atoms with van der Waals surface area (Å²) in [5.41, 5.74) is 3.61. The maximum Gasteiger partial charge on any atom is 0.323 e. The third kappa shape index (κ3) is 3.48. The zero-order valence-electron chi connectivity index (χ0n) is 18.8. The molecule has 2 N–H and O–H groups in total. The summed E-state index contributed by atoms with van der Waals surface area (Å²) in [6, 6.07) is 6.60. The van der Waals surface area contributed by atoms with Gasteiger partial charge < -0.3 is 15.1 Å². The van der Waals surface area contributed by atoms with Gasteiger partial charge in [0.1, 0.15) is 11.1 Å². The van der Waals surface area contributed by atoms with Gasteiger partial charge in [0, 0.05) is 30.4 Å². The van der Waals surface area contributed by atoms with E-state index in [1.54, 1.807) is 21.8 Å². The third-order valence-electron chi connectivity index (χ3n) is 5.74. The van der Waals surface area contributed by atoms with E-state index in [-0.39, 0.29) is 11.0 Å². The Balaban J connectivity index is 1.58. The van der Waals surface area contributed by atoms with Gasteiger partial charge >= 0.3 is 6.01 Å². The van der Waals surface area contributed by atoms with Gasteiger partial charge in [-0.05, 0) is 43.1 Å². The molecule has 0 aliphatic carbocycles. The molecule has 4 heterocycles.